The highest BCUT2D eigenvalue weighted by Crippen LogP contribution is 2.13. The number of carboxylic acid groups (broad SMARTS) is 1. The van der Waals surface area contributed by atoms with E-state index in [1.165, 1.54) is 6.08 Å². The second-order valence-corrected chi connectivity index (χ2v) is 7.48. The Bertz CT molecular complexity index is 905. The summed E-state index contributed by atoms with van der Waals surface area (Å²) in [6.45, 7) is 3.71. The molecule has 0 aromatic heterocycles. The van der Waals surface area contributed by atoms with Gasteiger partial charge in [0, 0.05) is 10.0 Å². The van der Waals surface area contributed by atoms with Crippen molar-refractivity contribution in [2.24, 2.45) is 0 Å². The van der Waals surface area contributed by atoms with Crippen LogP contribution in [0.2, 0.25) is 0 Å². The summed E-state index contributed by atoms with van der Waals surface area (Å²) < 4.78 is 0.865. The largest absolute Gasteiger partial charge is 0.548 e. The summed E-state index contributed by atoms with van der Waals surface area (Å²) >= 11 is 3.34. The molecule has 2 amide bonds. The number of carboxylic acids is 1. The minimum absolute atomic E-state index is 0.0553. The summed E-state index contributed by atoms with van der Waals surface area (Å²) in [6, 6.07) is 12.9. The van der Waals surface area contributed by atoms with Crippen LogP contribution in [0.5, 0.6) is 0 Å². The Kier molecular flexibility index (Phi) is 8.15. The first-order chi connectivity index (χ1) is 13.8. The van der Waals surface area contributed by atoms with Crippen LogP contribution < -0.4 is 15.7 Å². The monoisotopic (exact) mass is 457 g/mol. The van der Waals surface area contributed by atoms with E-state index >= 15 is 0 Å². The van der Waals surface area contributed by atoms with E-state index in [1.807, 2.05) is 6.92 Å². The van der Waals surface area contributed by atoms with Crippen LogP contribution in [0.3, 0.4) is 0 Å². The SMILES string of the molecule is CCC[C@H](NC(=O)/C(=C\c1ccc(Br)cc1)NC(=O)c1ccc(C)cc1)C(=O)[O-]. The molecule has 7 heteroatoms. The van der Waals surface area contributed by atoms with Crippen molar-refractivity contribution in [3.63, 3.8) is 0 Å². The number of hydrogen-bond acceptors (Lipinski definition) is 4. The minimum Gasteiger partial charge on any atom is -0.548 e. The van der Waals surface area contributed by atoms with Gasteiger partial charge >= 0.3 is 0 Å². The van der Waals surface area contributed by atoms with Crippen molar-refractivity contribution in [3.8, 4) is 0 Å². The minimum atomic E-state index is -1.37. The zero-order valence-corrected chi connectivity index (χ0v) is 17.8. The maximum atomic E-state index is 12.7. The van der Waals surface area contributed by atoms with Crippen LogP contribution in [0.25, 0.3) is 6.08 Å². The number of carbonyl (C=O) groups excluding carboxylic acids is 3. The van der Waals surface area contributed by atoms with Gasteiger partial charge in [-0.15, -0.1) is 0 Å². The Morgan fingerprint density at radius 2 is 1.69 bits per heavy atom. The molecule has 0 heterocycles. The predicted octanol–water partition coefficient (Wildman–Crippen LogP) is 2.56. The molecule has 1 atom stereocenters. The Morgan fingerprint density at radius 1 is 1.07 bits per heavy atom. The van der Waals surface area contributed by atoms with Gasteiger partial charge in [-0.3, -0.25) is 9.59 Å². The molecule has 29 heavy (non-hydrogen) atoms. The quantitative estimate of drug-likeness (QED) is 0.595. The second-order valence-electron chi connectivity index (χ2n) is 6.56. The molecule has 6 nitrogen and oxygen atoms in total. The van der Waals surface area contributed by atoms with Crippen molar-refractivity contribution in [2.45, 2.75) is 32.7 Å². The van der Waals surface area contributed by atoms with Gasteiger partial charge < -0.3 is 20.5 Å². The fourth-order valence-corrected chi connectivity index (χ4v) is 2.82. The number of aliphatic carboxylic acids is 1. The molecule has 0 spiro atoms. The number of nitrogens with one attached hydrogen (secondary N) is 2. The van der Waals surface area contributed by atoms with Crippen molar-refractivity contribution in [3.05, 3.63) is 75.4 Å². The molecule has 0 radical (unpaired) electrons. The van der Waals surface area contributed by atoms with Gasteiger partial charge in [-0.2, -0.15) is 0 Å². The first kappa shape index (κ1) is 22.4. The van der Waals surface area contributed by atoms with Gasteiger partial charge in [0.25, 0.3) is 11.8 Å². The zero-order chi connectivity index (χ0) is 21.4. The number of hydrogen-bond donors (Lipinski definition) is 2. The molecule has 2 aromatic rings. The summed E-state index contributed by atoms with van der Waals surface area (Å²) in [5, 5.41) is 16.3. The molecule has 0 aliphatic carbocycles. The van der Waals surface area contributed by atoms with Gasteiger partial charge in [0.05, 0.1) is 12.0 Å². The molecular weight excluding hydrogens is 436 g/mol. The first-order valence-corrected chi connectivity index (χ1v) is 9.96. The molecule has 0 bridgehead atoms. The average molecular weight is 458 g/mol. The Balaban J connectivity index is 2.30. The van der Waals surface area contributed by atoms with Crippen molar-refractivity contribution in [1.82, 2.24) is 10.6 Å². The third-order valence-electron chi connectivity index (χ3n) is 4.15. The molecule has 2 rings (SSSR count). The molecule has 0 unspecified atom stereocenters. The molecule has 0 aliphatic rings. The van der Waals surface area contributed by atoms with Gasteiger partial charge in [-0.1, -0.05) is 59.1 Å². The molecule has 152 valence electrons. The van der Waals surface area contributed by atoms with E-state index in [2.05, 4.69) is 26.6 Å². The van der Waals surface area contributed by atoms with Crippen LogP contribution >= 0.6 is 15.9 Å². The third kappa shape index (κ3) is 6.87. The van der Waals surface area contributed by atoms with Crippen molar-refractivity contribution in [1.29, 1.82) is 0 Å². The lowest BCUT2D eigenvalue weighted by molar-refractivity contribution is -0.308. The number of aryl methyl sites for hydroxylation is 1. The highest BCUT2D eigenvalue weighted by atomic mass is 79.9. The Hall–Kier alpha value is -2.93. The number of rotatable bonds is 8. The van der Waals surface area contributed by atoms with Crippen molar-refractivity contribution in [2.75, 3.05) is 0 Å². The summed E-state index contributed by atoms with van der Waals surface area (Å²) in [4.78, 5) is 36.6. The zero-order valence-electron chi connectivity index (χ0n) is 16.2. The lowest BCUT2D eigenvalue weighted by Crippen LogP contribution is -2.49. The van der Waals surface area contributed by atoms with E-state index in [-0.39, 0.29) is 12.1 Å². The third-order valence-corrected chi connectivity index (χ3v) is 4.68. The molecule has 2 aromatic carbocycles. The van der Waals surface area contributed by atoms with E-state index in [9.17, 15) is 19.5 Å². The fraction of sp³-hybridized carbons (Fsp3) is 0.227. The number of halogens is 1. The van der Waals surface area contributed by atoms with Crippen molar-refractivity contribution < 1.29 is 19.5 Å². The van der Waals surface area contributed by atoms with E-state index in [0.29, 0.717) is 17.5 Å². The van der Waals surface area contributed by atoms with E-state index in [4.69, 9.17) is 0 Å². The van der Waals surface area contributed by atoms with Gasteiger partial charge in [0.2, 0.25) is 0 Å². The van der Waals surface area contributed by atoms with Gasteiger partial charge in [-0.25, -0.2) is 0 Å². The molecule has 0 fully saturated rings. The maximum Gasteiger partial charge on any atom is 0.268 e. The standard InChI is InChI=1S/C22H23BrN2O4/c1-3-4-18(22(28)29)24-21(27)19(13-15-7-11-17(23)12-8-15)25-20(26)16-9-5-14(2)6-10-16/h5-13,18H,3-4H2,1-2H3,(H,24,27)(H,25,26)(H,28,29)/p-1/b19-13+/t18-/m0/s1. The number of amides is 2. The van der Waals surface area contributed by atoms with Crippen LogP contribution in [0, 0.1) is 6.92 Å². The molecular formula is C22H22BrN2O4-. The highest BCUT2D eigenvalue weighted by Gasteiger charge is 2.19. The topological polar surface area (TPSA) is 98.3 Å². The lowest BCUT2D eigenvalue weighted by atomic mass is 10.1. The van der Waals surface area contributed by atoms with Gasteiger partial charge in [0.15, 0.2) is 0 Å². The smallest absolute Gasteiger partial charge is 0.268 e. The first-order valence-electron chi connectivity index (χ1n) is 9.17. The van der Waals surface area contributed by atoms with E-state index < -0.39 is 23.8 Å². The van der Waals surface area contributed by atoms with Crippen LogP contribution in [-0.4, -0.2) is 23.8 Å². The van der Waals surface area contributed by atoms with E-state index in [0.717, 1.165) is 10.0 Å². The summed E-state index contributed by atoms with van der Waals surface area (Å²) in [6.07, 6.45) is 2.28. The van der Waals surface area contributed by atoms with Crippen LogP contribution in [-0.2, 0) is 9.59 Å². The van der Waals surface area contributed by atoms with Crippen LogP contribution in [0.1, 0.15) is 41.3 Å². The predicted molar refractivity (Wildman–Crippen MR) is 113 cm³/mol. The summed E-state index contributed by atoms with van der Waals surface area (Å²) in [5.41, 5.74) is 2.00. The van der Waals surface area contributed by atoms with Crippen LogP contribution in [0.15, 0.2) is 58.7 Å². The van der Waals surface area contributed by atoms with Gasteiger partial charge in [0.1, 0.15) is 5.70 Å². The van der Waals surface area contributed by atoms with Crippen LogP contribution in [0.4, 0.5) is 0 Å². The summed E-state index contributed by atoms with van der Waals surface area (Å²) in [5.74, 6) is -2.53. The van der Waals surface area contributed by atoms with Crippen molar-refractivity contribution >= 4 is 39.8 Å². The Labute approximate surface area is 178 Å². The van der Waals surface area contributed by atoms with Gasteiger partial charge in [-0.05, 0) is 49.2 Å². The number of carbonyl (C=O) groups is 3. The normalized spacial score (nSPS) is 12.2. The lowest BCUT2D eigenvalue weighted by Gasteiger charge is -2.20. The molecule has 0 aliphatic heterocycles. The molecule has 0 saturated carbocycles. The summed E-state index contributed by atoms with van der Waals surface area (Å²) in [7, 11) is 0. The highest BCUT2D eigenvalue weighted by molar-refractivity contribution is 9.10. The molecule has 0 saturated heterocycles. The molecule has 2 N–H and O–H groups in total. The fourth-order valence-electron chi connectivity index (χ4n) is 2.56. The maximum absolute atomic E-state index is 12.7. The van der Waals surface area contributed by atoms with E-state index in [1.54, 1.807) is 55.5 Å². The average Bonchev–Trinajstić information content (AvgIpc) is 2.69. The second kappa shape index (κ2) is 10.6. The Morgan fingerprint density at radius 3 is 2.24 bits per heavy atom. The number of benzene rings is 2.